The van der Waals surface area contributed by atoms with E-state index in [4.69, 9.17) is 5.73 Å². The van der Waals surface area contributed by atoms with Crippen molar-refractivity contribution < 1.29 is 9.59 Å². The number of nitrogens with two attached hydrogens (primary N) is 1. The maximum atomic E-state index is 12.7. The van der Waals surface area contributed by atoms with Gasteiger partial charge in [-0.15, -0.1) is 11.3 Å². The minimum atomic E-state index is -0.428. The number of primary amides is 1. The van der Waals surface area contributed by atoms with Crippen LogP contribution in [-0.2, 0) is 17.6 Å². The molecule has 2 aliphatic carbocycles. The van der Waals surface area contributed by atoms with Gasteiger partial charge in [0.25, 0.3) is 5.91 Å². The van der Waals surface area contributed by atoms with Crippen LogP contribution >= 0.6 is 11.3 Å². The fraction of sp³-hybridized carbons (Fsp3) is 0.429. The Morgan fingerprint density at radius 2 is 2.04 bits per heavy atom. The Labute approximate surface area is 157 Å². The summed E-state index contributed by atoms with van der Waals surface area (Å²) in [5.41, 5.74) is 8.47. The molecular formula is C21H24N2O2S. The molecule has 0 aliphatic heterocycles. The summed E-state index contributed by atoms with van der Waals surface area (Å²) in [6.45, 7) is 2.21. The second kappa shape index (κ2) is 6.88. The monoisotopic (exact) mass is 368 g/mol. The number of rotatable bonds is 5. The van der Waals surface area contributed by atoms with Crippen molar-refractivity contribution >= 4 is 28.2 Å². The Bertz CT molecular complexity index is 843. The van der Waals surface area contributed by atoms with Crippen LogP contribution in [0.15, 0.2) is 30.3 Å². The number of nitrogens with one attached hydrogen (secondary N) is 1. The normalized spacial score (nSPS) is 24.0. The van der Waals surface area contributed by atoms with Crippen molar-refractivity contribution in [1.82, 2.24) is 0 Å². The molecule has 0 saturated heterocycles. The molecule has 0 spiro atoms. The second-order valence-electron chi connectivity index (χ2n) is 7.44. The average molecular weight is 369 g/mol. The fourth-order valence-electron chi connectivity index (χ4n) is 4.11. The van der Waals surface area contributed by atoms with Gasteiger partial charge in [-0.05, 0) is 48.6 Å². The van der Waals surface area contributed by atoms with Gasteiger partial charge in [-0.25, -0.2) is 0 Å². The first-order valence-corrected chi connectivity index (χ1v) is 10.2. The van der Waals surface area contributed by atoms with E-state index in [1.807, 2.05) is 18.2 Å². The molecule has 136 valence electrons. The summed E-state index contributed by atoms with van der Waals surface area (Å²) >= 11 is 1.55. The highest BCUT2D eigenvalue weighted by atomic mass is 32.1. The maximum absolute atomic E-state index is 12.7. The van der Waals surface area contributed by atoms with Crippen LogP contribution in [0.25, 0.3) is 0 Å². The lowest BCUT2D eigenvalue weighted by molar-refractivity contribution is -0.117. The standard InChI is InChI=1S/C21H24N2O2S/c1-2-12-8-9-14-17(10-12)26-21(18(14)19(22)24)23-20(25)16-11-15(16)13-6-4-3-5-7-13/h3-7,12,15-16H,2,8-11H2,1H3,(H2,22,24)(H,23,25)/t12-,15+,16+/m0/s1. The summed E-state index contributed by atoms with van der Waals surface area (Å²) in [5.74, 6) is 0.513. The number of thiophene rings is 1. The number of fused-ring (bicyclic) bond motifs is 1. The SMILES string of the molecule is CC[C@H]1CCc2c(sc(NC(=O)[C@@H]3C[C@@H]3c3ccccc3)c2C(N)=O)C1. The predicted octanol–water partition coefficient (Wildman–Crippen LogP) is 4.10. The quantitative estimate of drug-likeness (QED) is 0.834. The van der Waals surface area contributed by atoms with Gasteiger partial charge >= 0.3 is 0 Å². The molecule has 2 amide bonds. The van der Waals surface area contributed by atoms with Crippen molar-refractivity contribution in [2.24, 2.45) is 17.6 Å². The zero-order chi connectivity index (χ0) is 18.3. The number of carbonyl (C=O) groups excluding carboxylic acids is 2. The highest BCUT2D eigenvalue weighted by Crippen LogP contribution is 2.48. The Balaban J connectivity index is 1.52. The Morgan fingerprint density at radius 1 is 1.27 bits per heavy atom. The first-order valence-electron chi connectivity index (χ1n) is 9.38. The molecule has 2 aliphatic rings. The van der Waals surface area contributed by atoms with E-state index in [0.717, 1.165) is 37.7 Å². The molecule has 1 aromatic heterocycles. The number of hydrogen-bond acceptors (Lipinski definition) is 3. The highest BCUT2D eigenvalue weighted by molar-refractivity contribution is 7.17. The van der Waals surface area contributed by atoms with Crippen LogP contribution in [0.5, 0.6) is 0 Å². The summed E-state index contributed by atoms with van der Waals surface area (Å²) in [5, 5.41) is 3.68. The van der Waals surface area contributed by atoms with E-state index in [2.05, 4.69) is 24.4 Å². The van der Waals surface area contributed by atoms with E-state index in [9.17, 15) is 9.59 Å². The second-order valence-corrected chi connectivity index (χ2v) is 8.54. The fourth-order valence-corrected chi connectivity index (χ4v) is 5.48. The van der Waals surface area contributed by atoms with Crippen LogP contribution in [0, 0.1) is 11.8 Å². The molecule has 4 nitrogen and oxygen atoms in total. The minimum Gasteiger partial charge on any atom is -0.365 e. The third-order valence-corrected chi connectivity index (χ3v) is 6.95. The third-order valence-electron chi connectivity index (χ3n) is 5.78. The van der Waals surface area contributed by atoms with Crippen LogP contribution in [0.2, 0.25) is 0 Å². The van der Waals surface area contributed by atoms with Crippen LogP contribution in [-0.4, -0.2) is 11.8 Å². The molecule has 3 atom stereocenters. The number of amides is 2. The van der Waals surface area contributed by atoms with E-state index >= 15 is 0 Å². The Morgan fingerprint density at radius 3 is 2.73 bits per heavy atom. The van der Waals surface area contributed by atoms with Crippen LogP contribution in [0.1, 0.15) is 58.5 Å². The van der Waals surface area contributed by atoms with Gasteiger partial charge in [0, 0.05) is 10.8 Å². The lowest BCUT2D eigenvalue weighted by Gasteiger charge is -2.20. The van der Waals surface area contributed by atoms with Gasteiger partial charge in [0.1, 0.15) is 5.00 Å². The number of hydrogen-bond donors (Lipinski definition) is 2. The third kappa shape index (κ3) is 3.16. The number of anilines is 1. The van der Waals surface area contributed by atoms with Crippen molar-refractivity contribution in [3.05, 3.63) is 51.9 Å². The lowest BCUT2D eigenvalue weighted by Crippen LogP contribution is -2.20. The first-order chi connectivity index (χ1) is 12.6. The molecule has 1 aromatic carbocycles. The predicted molar refractivity (Wildman–Crippen MR) is 105 cm³/mol. The summed E-state index contributed by atoms with van der Waals surface area (Å²) in [7, 11) is 0. The maximum Gasteiger partial charge on any atom is 0.251 e. The Hall–Kier alpha value is -2.14. The summed E-state index contributed by atoms with van der Waals surface area (Å²) < 4.78 is 0. The van der Waals surface area contributed by atoms with Crippen molar-refractivity contribution in [3.63, 3.8) is 0 Å². The molecule has 26 heavy (non-hydrogen) atoms. The molecule has 0 radical (unpaired) electrons. The molecule has 5 heteroatoms. The van der Waals surface area contributed by atoms with Crippen LogP contribution in [0.4, 0.5) is 5.00 Å². The molecular weight excluding hydrogens is 344 g/mol. The van der Waals surface area contributed by atoms with Gasteiger partial charge in [0.15, 0.2) is 0 Å². The number of benzene rings is 1. The van der Waals surface area contributed by atoms with Crippen molar-refractivity contribution in [2.75, 3.05) is 5.32 Å². The minimum absolute atomic E-state index is 0.00647. The summed E-state index contributed by atoms with van der Waals surface area (Å²) in [6.07, 6.45) is 4.97. The average Bonchev–Trinajstić information content (AvgIpc) is 3.37. The molecule has 4 rings (SSSR count). The van der Waals surface area contributed by atoms with Crippen molar-refractivity contribution in [1.29, 1.82) is 0 Å². The van der Waals surface area contributed by atoms with Gasteiger partial charge < -0.3 is 11.1 Å². The van der Waals surface area contributed by atoms with E-state index in [0.29, 0.717) is 16.5 Å². The van der Waals surface area contributed by atoms with Gasteiger partial charge in [0.05, 0.1) is 5.56 Å². The van der Waals surface area contributed by atoms with Gasteiger partial charge in [-0.1, -0.05) is 43.7 Å². The summed E-state index contributed by atoms with van der Waals surface area (Å²) in [6, 6.07) is 10.1. The molecule has 1 saturated carbocycles. The van der Waals surface area contributed by atoms with Crippen molar-refractivity contribution in [2.45, 2.75) is 44.9 Å². The first kappa shape index (κ1) is 17.3. The Kier molecular flexibility index (Phi) is 4.57. The van der Waals surface area contributed by atoms with Crippen LogP contribution in [0.3, 0.4) is 0 Å². The largest absolute Gasteiger partial charge is 0.365 e. The van der Waals surface area contributed by atoms with Crippen molar-refractivity contribution in [3.8, 4) is 0 Å². The summed E-state index contributed by atoms with van der Waals surface area (Å²) in [4.78, 5) is 26.0. The zero-order valence-electron chi connectivity index (χ0n) is 15.0. The smallest absolute Gasteiger partial charge is 0.251 e. The van der Waals surface area contributed by atoms with Gasteiger partial charge in [-0.3, -0.25) is 9.59 Å². The molecule has 0 unspecified atom stereocenters. The topological polar surface area (TPSA) is 72.2 Å². The molecule has 0 bridgehead atoms. The lowest BCUT2D eigenvalue weighted by atomic mass is 9.85. The van der Waals surface area contributed by atoms with E-state index in [-0.39, 0.29) is 17.7 Å². The van der Waals surface area contributed by atoms with Gasteiger partial charge in [0.2, 0.25) is 5.91 Å². The zero-order valence-corrected chi connectivity index (χ0v) is 15.8. The molecule has 3 N–H and O–H groups in total. The van der Waals surface area contributed by atoms with Crippen LogP contribution < -0.4 is 11.1 Å². The van der Waals surface area contributed by atoms with E-state index < -0.39 is 5.91 Å². The molecule has 1 heterocycles. The van der Waals surface area contributed by atoms with Gasteiger partial charge in [-0.2, -0.15) is 0 Å². The number of carbonyl (C=O) groups is 2. The van der Waals surface area contributed by atoms with E-state index in [1.165, 1.54) is 10.4 Å². The molecule has 1 fully saturated rings. The highest BCUT2D eigenvalue weighted by Gasteiger charge is 2.44. The van der Waals surface area contributed by atoms with E-state index in [1.54, 1.807) is 11.3 Å². The molecule has 2 aromatic rings.